The Morgan fingerprint density at radius 2 is 1.90 bits per heavy atom. The van der Waals surface area contributed by atoms with Crippen molar-refractivity contribution in [2.45, 2.75) is 58.5 Å². The van der Waals surface area contributed by atoms with Crippen LogP contribution in [-0.2, 0) is 9.59 Å². The first-order valence-corrected chi connectivity index (χ1v) is 10.1. The van der Waals surface area contributed by atoms with Gasteiger partial charge in [-0.15, -0.1) is 0 Å². The van der Waals surface area contributed by atoms with Gasteiger partial charge in [-0.2, -0.15) is 0 Å². The first-order chi connectivity index (χ1) is 13.4. The molecule has 7 heteroatoms. The van der Waals surface area contributed by atoms with E-state index in [0.29, 0.717) is 18.8 Å². The van der Waals surface area contributed by atoms with Crippen LogP contribution in [0.4, 0.5) is 9.18 Å². The Labute approximate surface area is 171 Å². The molecule has 1 aromatic carbocycles. The Kier molecular flexibility index (Phi) is 5.45. The number of carbonyl (C=O) groups is 3. The lowest BCUT2D eigenvalue weighted by Gasteiger charge is -2.43. The first-order valence-electron chi connectivity index (χ1n) is 10.1. The summed E-state index contributed by atoms with van der Waals surface area (Å²) in [4.78, 5) is 41.1. The summed E-state index contributed by atoms with van der Waals surface area (Å²) in [7, 11) is 1.62. The Morgan fingerprint density at radius 1 is 1.28 bits per heavy atom. The lowest BCUT2D eigenvalue weighted by Crippen LogP contribution is -2.54. The zero-order chi connectivity index (χ0) is 21.6. The highest BCUT2D eigenvalue weighted by atomic mass is 19.1. The van der Waals surface area contributed by atoms with E-state index in [9.17, 15) is 18.8 Å². The summed E-state index contributed by atoms with van der Waals surface area (Å²) in [6, 6.07) is 5.12. The molecule has 1 saturated carbocycles. The molecule has 158 valence electrons. The van der Waals surface area contributed by atoms with Gasteiger partial charge in [0.15, 0.2) is 0 Å². The third-order valence-corrected chi connectivity index (χ3v) is 6.24. The molecule has 1 spiro atoms. The zero-order valence-electron chi connectivity index (χ0n) is 17.8. The number of hydrogen-bond acceptors (Lipinski definition) is 3. The second kappa shape index (κ2) is 7.43. The van der Waals surface area contributed by atoms with Crippen LogP contribution >= 0.6 is 0 Å². The molecule has 4 amide bonds. The number of rotatable bonds is 4. The van der Waals surface area contributed by atoms with Gasteiger partial charge >= 0.3 is 6.03 Å². The molecule has 3 atom stereocenters. The molecule has 6 nitrogen and oxygen atoms in total. The fraction of sp³-hybridized carbons (Fsp3) is 0.591. The molecule has 3 unspecified atom stereocenters. The molecular weight excluding hydrogens is 373 g/mol. The predicted octanol–water partition coefficient (Wildman–Crippen LogP) is 3.48. The fourth-order valence-electron chi connectivity index (χ4n) is 5.08. The van der Waals surface area contributed by atoms with Gasteiger partial charge in [0, 0.05) is 7.05 Å². The van der Waals surface area contributed by atoms with Gasteiger partial charge in [-0.3, -0.25) is 14.5 Å². The van der Waals surface area contributed by atoms with Gasteiger partial charge in [-0.25, -0.2) is 9.18 Å². The molecular formula is C22H30FN3O3. The molecule has 29 heavy (non-hydrogen) atoms. The summed E-state index contributed by atoms with van der Waals surface area (Å²) in [5.74, 6) is -0.687. The molecule has 2 fully saturated rings. The van der Waals surface area contributed by atoms with Crippen molar-refractivity contribution in [3.05, 3.63) is 35.6 Å². The van der Waals surface area contributed by atoms with Crippen LogP contribution in [0.2, 0.25) is 0 Å². The fourth-order valence-corrected chi connectivity index (χ4v) is 5.08. The quantitative estimate of drug-likeness (QED) is 0.783. The van der Waals surface area contributed by atoms with E-state index in [1.54, 1.807) is 19.2 Å². The van der Waals surface area contributed by atoms with Crippen molar-refractivity contribution in [1.29, 1.82) is 0 Å². The summed E-state index contributed by atoms with van der Waals surface area (Å²) in [5.41, 5.74) is -0.201. The van der Waals surface area contributed by atoms with Crippen molar-refractivity contribution in [3.8, 4) is 0 Å². The van der Waals surface area contributed by atoms with Crippen LogP contribution in [-0.4, -0.2) is 46.8 Å². The number of amides is 4. The van der Waals surface area contributed by atoms with Gasteiger partial charge in [0.05, 0.1) is 6.04 Å². The van der Waals surface area contributed by atoms with Gasteiger partial charge in [0.2, 0.25) is 5.91 Å². The molecule has 1 aromatic rings. The number of likely N-dealkylation sites (N-methyl/N-ethyl adjacent to an activating group) is 1. The van der Waals surface area contributed by atoms with E-state index < -0.39 is 11.6 Å². The monoisotopic (exact) mass is 403 g/mol. The lowest BCUT2D eigenvalue weighted by molar-refractivity contribution is -0.141. The number of nitrogens with one attached hydrogen (secondary N) is 1. The normalized spacial score (nSPS) is 27.1. The smallest absolute Gasteiger partial charge is 0.325 e. The molecule has 1 saturated heterocycles. The topological polar surface area (TPSA) is 69.7 Å². The van der Waals surface area contributed by atoms with Crippen molar-refractivity contribution in [3.63, 3.8) is 0 Å². The molecule has 2 aliphatic rings. The Morgan fingerprint density at radius 3 is 2.48 bits per heavy atom. The molecule has 1 aliphatic heterocycles. The van der Waals surface area contributed by atoms with Crippen LogP contribution in [0.1, 0.15) is 58.6 Å². The van der Waals surface area contributed by atoms with E-state index in [2.05, 4.69) is 26.1 Å². The second-order valence-electron chi connectivity index (χ2n) is 9.49. The number of imide groups is 1. The second-order valence-corrected chi connectivity index (χ2v) is 9.49. The average Bonchev–Trinajstić information content (AvgIpc) is 2.82. The number of nitrogens with zero attached hydrogens (tertiary/aromatic N) is 2. The summed E-state index contributed by atoms with van der Waals surface area (Å²) in [5, 5.41) is 2.89. The summed E-state index contributed by atoms with van der Waals surface area (Å²) in [6.45, 7) is 7.83. The minimum atomic E-state index is -0.917. The Hall–Kier alpha value is -2.44. The SMILES string of the molecule is CC1CC(C)(C)CC2(C1)NC(=O)N(CC(=O)N(C)C(C)c1ccc(F)cc1)C2=O. The highest BCUT2D eigenvalue weighted by molar-refractivity contribution is 6.09. The molecule has 0 aromatic heterocycles. The highest BCUT2D eigenvalue weighted by Crippen LogP contribution is 2.46. The molecule has 3 rings (SSSR count). The number of hydrogen-bond donors (Lipinski definition) is 1. The van der Waals surface area contributed by atoms with Crippen LogP contribution < -0.4 is 5.32 Å². The maximum atomic E-state index is 13.2. The van der Waals surface area contributed by atoms with Gasteiger partial charge in [-0.05, 0) is 55.2 Å². The third-order valence-electron chi connectivity index (χ3n) is 6.24. The molecule has 1 heterocycles. The van der Waals surface area contributed by atoms with Crippen molar-refractivity contribution >= 4 is 17.8 Å². The standard InChI is InChI=1S/C22H30FN3O3/c1-14-10-21(3,4)13-22(11-14)19(28)26(20(29)24-22)12-18(27)25(5)15(2)16-6-8-17(23)9-7-16/h6-9,14-15H,10-13H2,1-5H3,(H,24,29). The first kappa shape index (κ1) is 21.3. The van der Waals surface area contributed by atoms with E-state index in [4.69, 9.17) is 0 Å². The number of benzene rings is 1. The van der Waals surface area contributed by atoms with Crippen molar-refractivity contribution in [2.75, 3.05) is 13.6 Å². The van der Waals surface area contributed by atoms with E-state index in [1.807, 2.05) is 6.92 Å². The van der Waals surface area contributed by atoms with E-state index >= 15 is 0 Å². The summed E-state index contributed by atoms with van der Waals surface area (Å²) in [6.07, 6.45) is 2.16. The van der Waals surface area contributed by atoms with Gasteiger partial charge < -0.3 is 10.2 Å². The van der Waals surface area contributed by atoms with Crippen LogP contribution in [0, 0.1) is 17.2 Å². The van der Waals surface area contributed by atoms with Crippen LogP contribution in [0.5, 0.6) is 0 Å². The van der Waals surface area contributed by atoms with Crippen molar-refractivity contribution in [2.24, 2.45) is 11.3 Å². The van der Waals surface area contributed by atoms with Gasteiger partial charge in [-0.1, -0.05) is 32.9 Å². The van der Waals surface area contributed by atoms with Crippen LogP contribution in [0.25, 0.3) is 0 Å². The number of halogens is 1. The van der Waals surface area contributed by atoms with Crippen molar-refractivity contribution in [1.82, 2.24) is 15.1 Å². The molecule has 1 N–H and O–H groups in total. The zero-order valence-corrected chi connectivity index (χ0v) is 17.8. The summed E-state index contributed by atoms with van der Waals surface area (Å²) < 4.78 is 13.2. The van der Waals surface area contributed by atoms with E-state index in [0.717, 1.165) is 16.9 Å². The predicted molar refractivity (Wildman–Crippen MR) is 107 cm³/mol. The van der Waals surface area contributed by atoms with Crippen molar-refractivity contribution < 1.29 is 18.8 Å². The number of carbonyl (C=O) groups excluding carboxylic acids is 3. The molecule has 0 bridgehead atoms. The Bertz CT molecular complexity index is 823. The van der Waals surface area contributed by atoms with Crippen LogP contribution in [0.15, 0.2) is 24.3 Å². The minimum Gasteiger partial charge on any atom is -0.337 e. The molecule has 1 aliphatic carbocycles. The Balaban J connectivity index is 1.72. The molecule has 0 radical (unpaired) electrons. The maximum absolute atomic E-state index is 13.2. The highest BCUT2D eigenvalue weighted by Gasteiger charge is 2.56. The summed E-state index contributed by atoms with van der Waals surface area (Å²) >= 11 is 0. The van der Waals surface area contributed by atoms with E-state index in [1.165, 1.54) is 17.0 Å². The number of urea groups is 1. The van der Waals surface area contributed by atoms with Crippen LogP contribution in [0.3, 0.4) is 0 Å². The largest absolute Gasteiger partial charge is 0.337 e. The average molecular weight is 403 g/mol. The lowest BCUT2D eigenvalue weighted by atomic mass is 9.64. The third kappa shape index (κ3) is 4.14. The van der Waals surface area contributed by atoms with E-state index in [-0.39, 0.29) is 35.6 Å². The van der Waals surface area contributed by atoms with Gasteiger partial charge in [0.25, 0.3) is 5.91 Å². The van der Waals surface area contributed by atoms with Gasteiger partial charge in [0.1, 0.15) is 17.9 Å². The minimum absolute atomic E-state index is 0.0610. The maximum Gasteiger partial charge on any atom is 0.325 e.